The van der Waals surface area contributed by atoms with E-state index in [4.69, 9.17) is 9.47 Å². The molecule has 116 valence electrons. The van der Waals surface area contributed by atoms with Crippen LogP contribution in [0.1, 0.15) is 47.0 Å². The maximum absolute atomic E-state index is 12.0. The molecule has 0 aromatic carbocycles. The maximum Gasteiger partial charge on any atom is 0.323 e. The number of carbonyl (C=O) groups excluding carboxylic acids is 1. The van der Waals surface area contributed by atoms with E-state index in [0.29, 0.717) is 18.1 Å². The van der Waals surface area contributed by atoms with Crippen LogP contribution in [0.3, 0.4) is 0 Å². The van der Waals surface area contributed by atoms with E-state index in [1.54, 1.807) is 0 Å². The Bertz CT molecular complexity index is 356. The van der Waals surface area contributed by atoms with E-state index in [1.165, 1.54) is 13.5 Å². The first kappa shape index (κ1) is 15.8. The number of nitrogens with one attached hydrogen (secondary N) is 1. The lowest BCUT2D eigenvalue weighted by molar-refractivity contribution is -0.197. The molecule has 5 atom stereocenters. The van der Waals surface area contributed by atoms with E-state index in [9.17, 15) is 4.79 Å². The van der Waals surface area contributed by atoms with Gasteiger partial charge < -0.3 is 14.8 Å². The van der Waals surface area contributed by atoms with Crippen LogP contribution in [0.15, 0.2) is 0 Å². The minimum Gasteiger partial charge on any atom is -0.468 e. The molecular formula is C16H29NO3. The Hall–Kier alpha value is -0.610. The number of ether oxygens (including phenoxy) is 2. The van der Waals surface area contributed by atoms with Gasteiger partial charge in [0.15, 0.2) is 0 Å². The Labute approximate surface area is 122 Å². The van der Waals surface area contributed by atoms with Gasteiger partial charge >= 0.3 is 5.97 Å². The number of hydrogen-bond donors (Lipinski definition) is 1. The highest BCUT2D eigenvalue weighted by Gasteiger charge is 2.58. The molecule has 2 fully saturated rings. The van der Waals surface area contributed by atoms with Gasteiger partial charge in [0, 0.05) is 24.0 Å². The molecule has 1 aliphatic heterocycles. The van der Waals surface area contributed by atoms with Crippen LogP contribution in [-0.2, 0) is 14.3 Å². The summed E-state index contributed by atoms with van der Waals surface area (Å²) in [5, 5.41) is 3.59. The molecule has 1 saturated heterocycles. The van der Waals surface area contributed by atoms with Gasteiger partial charge in [-0.25, -0.2) is 0 Å². The summed E-state index contributed by atoms with van der Waals surface area (Å²) < 4.78 is 10.9. The molecule has 0 amide bonds. The molecule has 20 heavy (non-hydrogen) atoms. The number of hydrogen-bond acceptors (Lipinski definition) is 4. The third kappa shape index (κ3) is 2.60. The summed E-state index contributed by atoms with van der Waals surface area (Å²) in [7, 11) is 1.47. The lowest BCUT2D eigenvalue weighted by atomic mass is 9.55. The molecule has 0 bridgehead atoms. The standard InChI is InChI=1S/C16H29NO3/c1-6-10(2)12(15(18)19-5)17-13-11-8-7-9-20-14(11)16(13,3)4/h10-14,17H,6-9H2,1-5H3. The van der Waals surface area contributed by atoms with Gasteiger partial charge in [-0.15, -0.1) is 0 Å². The SMILES string of the molecule is CCC(C)C(NC1C2CCCOC2C1(C)C)C(=O)OC. The van der Waals surface area contributed by atoms with Crippen molar-refractivity contribution in [1.29, 1.82) is 0 Å². The number of methoxy groups -OCH3 is 1. The lowest BCUT2D eigenvalue weighted by Crippen LogP contribution is -2.71. The first-order chi connectivity index (χ1) is 9.43. The fourth-order valence-electron chi connectivity index (χ4n) is 3.88. The normalized spacial score (nSPS) is 34.5. The highest BCUT2D eigenvalue weighted by molar-refractivity contribution is 5.76. The third-order valence-corrected chi connectivity index (χ3v) is 5.36. The minimum atomic E-state index is -0.211. The fraction of sp³-hybridized carbons (Fsp3) is 0.938. The molecule has 2 aliphatic rings. The molecular weight excluding hydrogens is 254 g/mol. The van der Waals surface area contributed by atoms with Gasteiger partial charge in [0.05, 0.1) is 13.2 Å². The topological polar surface area (TPSA) is 47.6 Å². The predicted octanol–water partition coefficient (Wildman–Crippen LogP) is 2.37. The molecule has 0 aromatic heterocycles. The summed E-state index contributed by atoms with van der Waals surface area (Å²) in [5.74, 6) is 0.673. The molecule has 1 saturated carbocycles. The van der Waals surface area contributed by atoms with Crippen molar-refractivity contribution < 1.29 is 14.3 Å². The fourth-order valence-corrected chi connectivity index (χ4v) is 3.88. The summed E-state index contributed by atoms with van der Waals surface area (Å²) in [6.45, 7) is 9.57. The Kier molecular flexibility index (Phi) is 4.75. The maximum atomic E-state index is 12.0. The molecule has 0 aromatic rings. The number of rotatable bonds is 5. The average Bonchev–Trinajstić information content (AvgIpc) is 2.46. The van der Waals surface area contributed by atoms with Crippen LogP contribution < -0.4 is 5.32 Å². The summed E-state index contributed by atoms with van der Waals surface area (Å²) >= 11 is 0. The molecule has 1 aliphatic carbocycles. The quantitative estimate of drug-likeness (QED) is 0.787. The Morgan fingerprint density at radius 2 is 2.20 bits per heavy atom. The van der Waals surface area contributed by atoms with Crippen molar-refractivity contribution in [3.63, 3.8) is 0 Å². The molecule has 0 radical (unpaired) electrons. The molecule has 5 unspecified atom stereocenters. The lowest BCUT2D eigenvalue weighted by Gasteiger charge is -2.60. The van der Waals surface area contributed by atoms with Crippen LogP contribution in [-0.4, -0.2) is 37.9 Å². The average molecular weight is 283 g/mol. The predicted molar refractivity (Wildman–Crippen MR) is 78.4 cm³/mol. The van der Waals surface area contributed by atoms with Crippen molar-refractivity contribution >= 4 is 5.97 Å². The van der Waals surface area contributed by atoms with E-state index in [-0.39, 0.29) is 23.3 Å². The Morgan fingerprint density at radius 1 is 1.50 bits per heavy atom. The minimum absolute atomic E-state index is 0.0881. The van der Waals surface area contributed by atoms with E-state index in [0.717, 1.165) is 19.4 Å². The number of carbonyl (C=O) groups is 1. The van der Waals surface area contributed by atoms with Crippen molar-refractivity contribution in [2.24, 2.45) is 17.3 Å². The zero-order valence-corrected chi connectivity index (χ0v) is 13.4. The largest absolute Gasteiger partial charge is 0.468 e. The van der Waals surface area contributed by atoms with Crippen molar-refractivity contribution in [2.45, 2.75) is 65.1 Å². The second-order valence-electron chi connectivity index (χ2n) is 6.95. The van der Waals surface area contributed by atoms with Crippen LogP contribution in [0.25, 0.3) is 0 Å². The Balaban J connectivity index is 2.08. The van der Waals surface area contributed by atoms with Gasteiger partial charge in [0.2, 0.25) is 0 Å². The van der Waals surface area contributed by atoms with Crippen molar-refractivity contribution in [2.75, 3.05) is 13.7 Å². The van der Waals surface area contributed by atoms with Crippen molar-refractivity contribution in [1.82, 2.24) is 5.32 Å². The number of esters is 1. The van der Waals surface area contributed by atoms with Crippen LogP contribution in [0.4, 0.5) is 0 Å². The van der Waals surface area contributed by atoms with Crippen molar-refractivity contribution in [3.8, 4) is 0 Å². The molecule has 4 nitrogen and oxygen atoms in total. The zero-order chi connectivity index (χ0) is 14.9. The summed E-state index contributed by atoms with van der Waals surface area (Å²) in [5.41, 5.74) is 0.0881. The molecule has 4 heteroatoms. The second-order valence-corrected chi connectivity index (χ2v) is 6.95. The van der Waals surface area contributed by atoms with Crippen LogP contribution in [0.5, 0.6) is 0 Å². The summed E-state index contributed by atoms with van der Waals surface area (Å²) in [6, 6.07) is 0.128. The molecule has 0 spiro atoms. The summed E-state index contributed by atoms with van der Waals surface area (Å²) in [6.07, 6.45) is 3.62. The highest BCUT2D eigenvalue weighted by atomic mass is 16.5. The molecule has 1 N–H and O–H groups in total. The second kappa shape index (κ2) is 6.02. The molecule has 1 heterocycles. The van der Waals surface area contributed by atoms with E-state index >= 15 is 0 Å². The Morgan fingerprint density at radius 3 is 2.80 bits per heavy atom. The smallest absolute Gasteiger partial charge is 0.323 e. The van der Waals surface area contributed by atoms with E-state index in [2.05, 4.69) is 33.0 Å². The van der Waals surface area contributed by atoms with Crippen molar-refractivity contribution in [3.05, 3.63) is 0 Å². The van der Waals surface area contributed by atoms with Crippen LogP contribution in [0.2, 0.25) is 0 Å². The van der Waals surface area contributed by atoms with Crippen LogP contribution >= 0.6 is 0 Å². The van der Waals surface area contributed by atoms with Crippen LogP contribution in [0, 0.1) is 17.3 Å². The van der Waals surface area contributed by atoms with Gasteiger partial charge in [-0.05, 0) is 18.8 Å². The highest BCUT2D eigenvalue weighted by Crippen LogP contribution is 2.51. The van der Waals surface area contributed by atoms with E-state index in [1.807, 2.05) is 0 Å². The van der Waals surface area contributed by atoms with Gasteiger partial charge in [-0.3, -0.25) is 4.79 Å². The summed E-state index contributed by atoms with van der Waals surface area (Å²) in [4.78, 5) is 12.0. The third-order valence-electron chi connectivity index (χ3n) is 5.36. The number of fused-ring (bicyclic) bond motifs is 1. The van der Waals surface area contributed by atoms with E-state index < -0.39 is 0 Å². The first-order valence-electron chi connectivity index (χ1n) is 7.89. The van der Waals surface area contributed by atoms with Gasteiger partial charge in [0.1, 0.15) is 6.04 Å². The zero-order valence-electron chi connectivity index (χ0n) is 13.4. The van der Waals surface area contributed by atoms with Gasteiger partial charge in [-0.2, -0.15) is 0 Å². The van der Waals surface area contributed by atoms with Gasteiger partial charge in [0.25, 0.3) is 0 Å². The molecule has 2 rings (SSSR count). The first-order valence-corrected chi connectivity index (χ1v) is 7.89. The van der Waals surface area contributed by atoms with Gasteiger partial charge in [-0.1, -0.05) is 34.1 Å². The monoisotopic (exact) mass is 283 g/mol.